The first-order valence-electron chi connectivity index (χ1n) is 8.97. The van der Waals surface area contributed by atoms with E-state index < -0.39 is 0 Å². The summed E-state index contributed by atoms with van der Waals surface area (Å²) in [4.78, 5) is 21.4. The number of hydrogen-bond acceptors (Lipinski definition) is 5. The number of rotatable bonds is 3. The summed E-state index contributed by atoms with van der Waals surface area (Å²) in [7, 11) is 0. The molecular formula is C18H24N4O2S. The van der Waals surface area contributed by atoms with Crippen molar-refractivity contribution in [1.29, 1.82) is 0 Å². The summed E-state index contributed by atoms with van der Waals surface area (Å²) in [5.41, 5.74) is 3.65. The van der Waals surface area contributed by atoms with Gasteiger partial charge in [0.15, 0.2) is 0 Å². The summed E-state index contributed by atoms with van der Waals surface area (Å²) in [5.74, 6) is 0.557. The van der Waals surface area contributed by atoms with E-state index in [1.165, 1.54) is 6.42 Å². The summed E-state index contributed by atoms with van der Waals surface area (Å²) in [6, 6.07) is 5.89. The topological polar surface area (TPSA) is 57.7 Å². The molecule has 2 saturated heterocycles. The molecule has 1 atom stereocenters. The molecule has 1 N–H and O–H groups in total. The van der Waals surface area contributed by atoms with Crippen molar-refractivity contribution in [3.63, 3.8) is 0 Å². The highest BCUT2D eigenvalue weighted by Gasteiger charge is 2.26. The standard InChI is InChI=1S/C18H24N4O2S/c23-18(20-15-3-4-16-17(10-15)25-13-19-16)22-5-1-2-14(12-22)11-21-6-8-24-9-7-21/h3-4,10,13-14H,1-2,5-9,11-12H2,(H,20,23). The highest BCUT2D eigenvalue weighted by Crippen LogP contribution is 2.23. The Morgan fingerprint density at radius 2 is 2.20 bits per heavy atom. The van der Waals surface area contributed by atoms with Gasteiger partial charge in [-0.25, -0.2) is 9.78 Å². The molecule has 4 rings (SSSR count). The maximum absolute atomic E-state index is 12.6. The van der Waals surface area contributed by atoms with Gasteiger partial charge >= 0.3 is 6.03 Å². The van der Waals surface area contributed by atoms with Crippen molar-refractivity contribution in [3.8, 4) is 0 Å². The minimum atomic E-state index is 0.00976. The Bertz CT molecular complexity index is 729. The SMILES string of the molecule is O=C(Nc1ccc2ncsc2c1)N1CCCC(CN2CCOCC2)C1. The molecular weight excluding hydrogens is 336 g/mol. The highest BCUT2D eigenvalue weighted by atomic mass is 32.1. The number of nitrogens with one attached hydrogen (secondary N) is 1. The molecule has 7 heteroatoms. The third-order valence-corrected chi connectivity index (χ3v) is 5.80. The van der Waals surface area contributed by atoms with Gasteiger partial charge in [-0.05, 0) is 37.0 Å². The van der Waals surface area contributed by atoms with Crippen molar-refractivity contribution < 1.29 is 9.53 Å². The zero-order chi connectivity index (χ0) is 17.1. The first kappa shape index (κ1) is 16.8. The minimum Gasteiger partial charge on any atom is -0.379 e. The number of amides is 2. The average Bonchev–Trinajstić information content (AvgIpc) is 3.10. The molecule has 6 nitrogen and oxygen atoms in total. The van der Waals surface area contributed by atoms with E-state index in [0.29, 0.717) is 5.92 Å². The molecule has 134 valence electrons. The molecule has 2 aliphatic heterocycles. The van der Waals surface area contributed by atoms with Crippen LogP contribution in [0.3, 0.4) is 0 Å². The van der Waals surface area contributed by atoms with Crippen LogP contribution in [0, 0.1) is 5.92 Å². The van der Waals surface area contributed by atoms with Crippen LogP contribution >= 0.6 is 11.3 Å². The predicted octanol–water partition coefficient (Wildman–Crippen LogP) is 2.87. The first-order valence-corrected chi connectivity index (χ1v) is 9.85. The number of ether oxygens (including phenoxy) is 1. The Morgan fingerprint density at radius 3 is 3.08 bits per heavy atom. The number of hydrogen-bond donors (Lipinski definition) is 1. The molecule has 0 saturated carbocycles. The molecule has 0 aliphatic carbocycles. The number of nitrogens with zero attached hydrogens (tertiary/aromatic N) is 3. The molecule has 0 radical (unpaired) electrons. The summed E-state index contributed by atoms with van der Waals surface area (Å²) in [6.45, 7) is 6.43. The number of morpholine rings is 1. The Hall–Kier alpha value is -1.70. The van der Waals surface area contributed by atoms with E-state index in [0.717, 1.165) is 68.3 Å². The summed E-state index contributed by atoms with van der Waals surface area (Å²) in [6.07, 6.45) is 2.28. The number of urea groups is 1. The molecule has 2 fully saturated rings. The monoisotopic (exact) mass is 360 g/mol. The number of aromatic nitrogens is 1. The van der Waals surface area contributed by atoms with Crippen LogP contribution in [0.25, 0.3) is 10.2 Å². The van der Waals surface area contributed by atoms with Gasteiger partial charge in [-0.2, -0.15) is 0 Å². The molecule has 1 aromatic heterocycles. The predicted molar refractivity (Wildman–Crippen MR) is 100 cm³/mol. The van der Waals surface area contributed by atoms with Gasteiger partial charge < -0.3 is 15.0 Å². The summed E-state index contributed by atoms with van der Waals surface area (Å²) >= 11 is 1.59. The van der Waals surface area contributed by atoms with Crippen molar-refractivity contribution in [2.45, 2.75) is 12.8 Å². The normalized spacial score (nSPS) is 22.2. The lowest BCUT2D eigenvalue weighted by Crippen LogP contribution is -2.47. The molecule has 1 aromatic carbocycles. The number of fused-ring (bicyclic) bond motifs is 1. The van der Waals surface area contributed by atoms with Crippen LogP contribution in [0.4, 0.5) is 10.5 Å². The average molecular weight is 360 g/mol. The Kier molecular flexibility index (Phi) is 5.14. The van der Waals surface area contributed by atoms with E-state index >= 15 is 0 Å². The quantitative estimate of drug-likeness (QED) is 0.914. The van der Waals surface area contributed by atoms with E-state index in [2.05, 4.69) is 15.2 Å². The van der Waals surface area contributed by atoms with Crippen LogP contribution in [0.1, 0.15) is 12.8 Å². The van der Waals surface area contributed by atoms with E-state index in [1.54, 1.807) is 11.3 Å². The molecule has 25 heavy (non-hydrogen) atoms. The fraction of sp³-hybridized carbons (Fsp3) is 0.556. The van der Waals surface area contributed by atoms with Crippen LogP contribution < -0.4 is 5.32 Å². The lowest BCUT2D eigenvalue weighted by atomic mass is 9.97. The molecule has 2 amide bonds. The number of anilines is 1. The molecule has 1 unspecified atom stereocenters. The van der Waals surface area contributed by atoms with Crippen molar-refractivity contribution in [2.75, 3.05) is 51.3 Å². The van der Waals surface area contributed by atoms with Crippen LogP contribution in [0.15, 0.2) is 23.7 Å². The largest absolute Gasteiger partial charge is 0.379 e. The molecule has 2 aliphatic rings. The third-order valence-electron chi connectivity index (χ3n) is 5.01. The van der Waals surface area contributed by atoms with Crippen LogP contribution in [0.5, 0.6) is 0 Å². The lowest BCUT2D eigenvalue weighted by Gasteiger charge is -2.36. The van der Waals surface area contributed by atoms with Crippen LogP contribution in [-0.4, -0.2) is 66.8 Å². The van der Waals surface area contributed by atoms with Crippen LogP contribution in [-0.2, 0) is 4.74 Å². The van der Waals surface area contributed by atoms with E-state index in [4.69, 9.17) is 4.74 Å². The number of carbonyl (C=O) groups is 1. The second-order valence-corrected chi connectivity index (χ2v) is 7.72. The fourth-order valence-corrected chi connectivity index (χ4v) is 4.40. The highest BCUT2D eigenvalue weighted by molar-refractivity contribution is 7.16. The second-order valence-electron chi connectivity index (χ2n) is 6.83. The van der Waals surface area contributed by atoms with E-state index in [1.807, 2.05) is 28.6 Å². The zero-order valence-electron chi connectivity index (χ0n) is 14.3. The van der Waals surface area contributed by atoms with Gasteiger partial charge in [0.1, 0.15) is 0 Å². The minimum absolute atomic E-state index is 0.00976. The van der Waals surface area contributed by atoms with Crippen molar-refractivity contribution >= 4 is 33.3 Å². The zero-order valence-corrected chi connectivity index (χ0v) is 15.1. The Labute approximate surface area is 151 Å². The van der Waals surface area contributed by atoms with Crippen LogP contribution in [0.2, 0.25) is 0 Å². The number of piperidine rings is 1. The van der Waals surface area contributed by atoms with Gasteiger partial charge in [-0.3, -0.25) is 4.90 Å². The smallest absolute Gasteiger partial charge is 0.321 e. The first-order chi connectivity index (χ1) is 12.3. The van der Waals surface area contributed by atoms with E-state index in [-0.39, 0.29) is 6.03 Å². The van der Waals surface area contributed by atoms with Gasteiger partial charge in [0.05, 0.1) is 28.9 Å². The van der Waals surface area contributed by atoms with Gasteiger partial charge in [-0.15, -0.1) is 11.3 Å². The van der Waals surface area contributed by atoms with Crippen molar-refractivity contribution in [1.82, 2.24) is 14.8 Å². The molecule has 3 heterocycles. The molecule has 2 aromatic rings. The number of carbonyl (C=O) groups excluding carboxylic acids is 1. The van der Waals surface area contributed by atoms with Gasteiger partial charge in [-0.1, -0.05) is 0 Å². The van der Waals surface area contributed by atoms with Gasteiger partial charge in [0.2, 0.25) is 0 Å². The lowest BCUT2D eigenvalue weighted by molar-refractivity contribution is 0.0252. The summed E-state index contributed by atoms with van der Waals surface area (Å²) < 4.78 is 6.52. The summed E-state index contributed by atoms with van der Waals surface area (Å²) in [5, 5.41) is 3.05. The number of benzene rings is 1. The van der Waals surface area contributed by atoms with E-state index in [9.17, 15) is 4.79 Å². The number of thiazole rings is 1. The van der Waals surface area contributed by atoms with Crippen molar-refractivity contribution in [3.05, 3.63) is 23.7 Å². The Morgan fingerprint density at radius 1 is 1.32 bits per heavy atom. The fourth-order valence-electron chi connectivity index (χ4n) is 3.68. The third kappa shape index (κ3) is 4.11. The van der Waals surface area contributed by atoms with Gasteiger partial charge in [0, 0.05) is 38.4 Å². The van der Waals surface area contributed by atoms with Crippen molar-refractivity contribution in [2.24, 2.45) is 5.92 Å². The Balaban J connectivity index is 1.34. The molecule has 0 bridgehead atoms. The number of likely N-dealkylation sites (tertiary alicyclic amines) is 1. The molecule has 0 spiro atoms. The maximum Gasteiger partial charge on any atom is 0.321 e. The maximum atomic E-state index is 12.6. The van der Waals surface area contributed by atoms with Gasteiger partial charge in [0.25, 0.3) is 0 Å². The second kappa shape index (κ2) is 7.68.